The third-order valence-electron chi connectivity index (χ3n) is 2.16. The summed E-state index contributed by atoms with van der Waals surface area (Å²) >= 11 is 1.63. The fourth-order valence-electron chi connectivity index (χ4n) is 1.44. The van der Waals surface area contributed by atoms with Crippen LogP contribution in [0.3, 0.4) is 0 Å². The van der Waals surface area contributed by atoms with Crippen molar-refractivity contribution in [2.24, 2.45) is 10.7 Å². The van der Waals surface area contributed by atoms with E-state index in [0.29, 0.717) is 18.4 Å². The third-order valence-corrected chi connectivity index (χ3v) is 3.08. The summed E-state index contributed by atoms with van der Waals surface area (Å²) in [6.45, 7) is 0.735. The minimum absolute atomic E-state index is 0.188. The first-order valence-electron chi connectivity index (χ1n) is 5.25. The number of nitrogens with zero attached hydrogens (tertiary/aromatic N) is 2. The number of aliphatic hydroxyl groups excluding tert-OH is 1. The molecule has 0 saturated carbocycles. The van der Waals surface area contributed by atoms with Crippen molar-refractivity contribution in [3.8, 4) is 0 Å². The van der Waals surface area contributed by atoms with Gasteiger partial charge in [-0.05, 0) is 0 Å². The summed E-state index contributed by atoms with van der Waals surface area (Å²) < 4.78 is 5.60. The maximum Gasteiger partial charge on any atom is 0.197 e. The summed E-state index contributed by atoms with van der Waals surface area (Å²) in [7, 11) is 0. The number of hydrogen-bond acceptors (Lipinski definition) is 7. The van der Waals surface area contributed by atoms with Gasteiger partial charge in [-0.2, -0.15) is 11.8 Å². The molecule has 1 aromatic rings. The second-order valence-electron chi connectivity index (χ2n) is 3.36. The summed E-state index contributed by atoms with van der Waals surface area (Å²) in [4.78, 5) is 11.2. The number of nitrogens with one attached hydrogen (secondary N) is 2. The first kappa shape index (κ1) is 12.2. The average Bonchev–Trinajstić information content (AvgIpc) is 2.76. The molecule has 94 valence electrons. The summed E-state index contributed by atoms with van der Waals surface area (Å²) in [5.41, 5.74) is 6.40. The van der Waals surface area contributed by atoms with Crippen molar-refractivity contribution in [3.63, 3.8) is 0 Å². The molecule has 0 radical (unpaired) electrons. The molecular weight excluding hydrogens is 242 g/mol. The van der Waals surface area contributed by atoms with E-state index in [-0.39, 0.29) is 6.61 Å². The molecular formula is C9H15N5O2S. The summed E-state index contributed by atoms with van der Waals surface area (Å²) in [5, 5.41) is 11.5. The lowest BCUT2D eigenvalue weighted by atomic mass is 10.3. The molecule has 2 heterocycles. The van der Waals surface area contributed by atoms with Gasteiger partial charge in [0.1, 0.15) is 5.69 Å². The van der Waals surface area contributed by atoms with Gasteiger partial charge in [0, 0.05) is 11.5 Å². The molecule has 7 nitrogen and oxygen atoms in total. The zero-order chi connectivity index (χ0) is 12.1. The molecule has 0 bridgehead atoms. The number of thioether (sulfide) groups is 1. The predicted molar refractivity (Wildman–Crippen MR) is 66.9 cm³/mol. The highest BCUT2D eigenvalue weighted by atomic mass is 32.2. The number of aliphatic imine (C=N–C) groups is 1. The summed E-state index contributed by atoms with van der Waals surface area (Å²) in [6.07, 6.45) is 1.14. The highest BCUT2D eigenvalue weighted by molar-refractivity contribution is 7.99. The third kappa shape index (κ3) is 3.11. The molecule has 0 saturated heterocycles. The normalized spacial score (nSPS) is 18.4. The Morgan fingerprint density at radius 1 is 1.53 bits per heavy atom. The van der Waals surface area contributed by atoms with Gasteiger partial charge in [0.15, 0.2) is 18.0 Å². The summed E-state index contributed by atoms with van der Waals surface area (Å²) in [6, 6.07) is 0. The van der Waals surface area contributed by atoms with E-state index in [1.165, 1.54) is 0 Å². The lowest BCUT2D eigenvalue weighted by molar-refractivity contribution is 0.0682. The zero-order valence-electron chi connectivity index (χ0n) is 9.22. The number of rotatable bonds is 6. The van der Waals surface area contributed by atoms with Gasteiger partial charge in [-0.15, -0.1) is 0 Å². The van der Waals surface area contributed by atoms with E-state index in [0.717, 1.165) is 17.2 Å². The van der Waals surface area contributed by atoms with Crippen molar-refractivity contribution < 1.29 is 9.84 Å². The second kappa shape index (κ2) is 5.89. The Balaban J connectivity index is 1.85. The van der Waals surface area contributed by atoms with E-state index in [4.69, 9.17) is 15.6 Å². The SMILES string of the molecule is NC1=NC(OCCSCCO)c2[nH]cnc2N1. The molecule has 0 fully saturated rings. The van der Waals surface area contributed by atoms with Crippen LogP contribution in [0.2, 0.25) is 0 Å². The van der Waals surface area contributed by atoms with Crippen LogP contribution in [-0.4, -0.2) is 45.8 Å². The van der Waals surface area contributed by atoms with E-state index in [1.807, 2.05) is 0 Å². The number of H-pyrrole nitrogens is 1. The van der Waals surface area contributed by atoms with Gasteiger partial charge in [0.2, 0.25) is 0 Å². The molecule has 0 aliphatic carbocycles. The molecule has 1 aliphatic rings. The van der Waals surface area contributed by atoms with Gasteiger partial charge >= 0.3 is 0 Å². The number of hydrogen-bond donors (Lipinski definition) is 4. The molecule has 5 N–H and O–H groups in total. The number of fused-ring (bicyclic) bond motifs is 1. The van der Waals surface area contributed by atoms with Crippen LogP contribution < -0.4 is 11.1 Å². The lowest BCUT2D eigenvalue weighted by Gasteiger charge is -2.19. The average molecular weight is 257 g/mol. The van der Waals surface area contributed by atoms with Crippen LogP contribution in [0, 0.1) is 0 Å². The molecule has 1 aromatic heterocycles. The zero-order valence-corrected chi connectivity index (χ0v) is 10.0. The Bertz CT molecular complexity index is 394. The molecule has 2 rings (SSSR count). The minimum atomic E-state index is -0.427. The van der Waals surface area contributed by atoms with Gasteiger partial charge in [-0.3, -0.25) is 0 Å². The molecule has 0 spiro atoms. The molecule has 1 unspecified atom stereocenters. The maximum absolute atomic E-state index is 8.63. The Morgan fingerprint density at radius 3 is 3.24 bits per heavy atom. The Morgan fingerprint density at radius 2 is 2.41 bits per heavy atom. The maximum atomic E-state index is 8.63. The van der Waals surface area contributed by atoms with Gasteiger partial charge in [0.25, 0.3) is 0 Å². The molecule has 17 heavy (non-hydrogen) atoms. The minimum Gasteiger partial charge on any atom is -0.396 e. The Hall–Kier alpha value is -1.25. The van der Waals surface area contributed by atoms with Gasteiger partial charge in [0.05, 0.1) is 19.5 Å². The van der Waals surface area contributed by atoms with Crippen LogP contribution in [0.15, 0.2) is 11.3 Å². The van der Waals surface area contributed by atoms with E-state index in [9.17, 15) is 0 Å². The number of nitrogens with two attached hydrogens (primary N) is 1. The summed E-state index contributed by atoms with van der Waals surface area (Å²) in [5.74, 6) is 2.49. The molecule has 8 heteroatoms. The molecule has 0 amide bonds. The van der Waals surface area contributed by atoms with Crippen molar-refractivity contribution >= 4 is 23.5 Å². The topological polar surface area (TPSA) is 109 Å². The number of guanidine groups is 1. The van der Waals surface area contributed by atoms with Gasteiger partial charge in [-0.1, -0.05) is 0 Å². The van der Waals surface area contributed by atoms with Crippen molar-refractivity contribution in [2.45, 2.75) is 6.23 Å². The smallest absolute Gasteiger partial charge is 0.197 e. The van der Waals surface area contributed by atoms with Gasteiger partial charge in [-0.25, -0.2) is 9.98 Å². The second-order valence-corrected chi connectivity index (χ2v) is 4.59. The fourth-order valence-corrected chi connectivity index (χ4v) is 1.99. The van der Waals surface area contributed by atoms with E-state index in [2.05, 4.69) is 20.3 Å². The quantitative estimate of drug-likeness (QED) is 0.530. The first-order valence-corrected chi connectivity index (χ1v) is 6.40. The van der Waals surface area contributed by atoms with Crippen molar-refractivity contribution in [3.05, 3.63) is 12.0 Å². The van der Waals surface area contributed by atoms with Crippen molar-refractivity contribution in [2.75, 3.05) is 30.0 Å². The number of anilines is 1. The number of imidazole rings is 1. The largest absolute Gasteiger partial charge is 0.396 e. The van der Waals surface area contributed by atoms with E-state index in [1.54, 1.807) is 18.1 Å². The highest BCUT2D eigenvalue weighted by Crippen LogP contribution is 2.26. The highest BCUT2D eigenvalue weighted by Gasteiger charge is 2.22. The number of ether oxygens (including phenoxy) is 1. The predicted octanol–water partition coefficient (Wildman–Crippen LogP) is -0.109. The van der Waals surface area contributed by atoms with Crippen LogP contribution in [0.4, 0.5) is 5.82 Å². The lowest BCUT2D eigenvalue weighted by Crippen LogP contribution is -2.29. The van der Waals surface area contributed by atoms with Crippen molar-refractivity contribution in [1.29, 1.82) is 0 Å². The fraction of sp³-hybridized carbons (Fsp3) is 0.556. The van der Waals surface area contributed by atoms with Gasteiger partial charge < -0.3 is 25.9 Å². The molecule has 1 aliphatic heterocycles. The van der Waals surface area contributed by atoms with Crippen LogP contribution in [0.5, 0.6) is 0 Å². The number of aromatic amines is 1. The van der Waals surface area contributed by atoms with E-state index < -0.39 is 6.23 Å². The van der Waals surface area contributed by atoms with Crippen LogP contribution in [-0.2, 0) is 4.74 Å². The Labute approximate surface area is 103 Å². The number of aliphatic hydroxyl groups is 1. The van der Waals surface area contributed by atoms with Crippen LogP contribution >= 0.6 is 11.8 Å². The monoisotopic (exact) mass is 257 g/mol. The molecule has 1 atom stereocenters. The van der Waals surface area contributed by atoms with E-state index >= 15 is 0 Å². The van der Waals surface area contributed by atoms with Crippen molar-refractivity contribution in [1.82, 2.24) is 9.97 Å². The molecule has 0 aromatic carbocycles. The van der Waals surface area contributed by atoms with Crippen LogP contribution in [0.1, 0.15) is 11.9 Å². The first-order chi connectivity index (χ1) is 8.31. The Kier molecular flexibility index (Phi) is 4.24. The van der Waals surface area contributed by atoms with Crippen LogP contribution in [0.25, 0.3) is 0 Å². The standard InChI is InChI=1S/C9H15N5O2S/c10-9-13-7-6(11-5-12-7)8(14-9)16-2-4-17-3-1-15/h5,8,15H,1-4H2,(H,11,12)(H3,10,13,14). The number of aromatic nitrogens is 2.